The van der Waals surface area contributed by atoms with Crippen molar-refractivity contribution in [3.8, 4) is 16.9 Å². The Morgan fingerprint density at radius 1 is 1.00 bits per heavy atom. The van der Waals surface area contributed by atoms with Crippen LogP contribution in [0.25, 0.3) is 22.2 Å². The molecule has 0 bridgehead atoms. The van der Waals surface area contributed by atoms with Crippen LogP contribution in [0.15, 0.2) is 51.7 Å². The van der Waals surface area contributed by atoms with E-state index < -0.39 is 24.6 Å². The molecule has 0 spiro atoms. The highest BCUT2D eigenvalue weighted by molar-refractivity contribution is 5.80. The molecule has 0 unspecified atom stereocenters. The van der Waals surface area contributed by atoms with Crippen molar-refractivity contribution >= 4 is 11.1 Å². The summed E-state index contributed by atoms with van der Waals surface area (Å²) in [5.41, 5.74) is 1.35. The summed E-state index contributed by atoms with van der Waals surface area (Å²) in [6.45, 7) is -0.165. The second-order valence-corrected chi connectivity index (χ2v) is 5.78. The largest absolute Gasteiger partial charge is 0.573 e. The van der Waals surface area contributed by atoms with E-state index in [1.807, 2.05) is 0 Å². The minimum Gasteiger partial charge on any atom is -0.408 e. The number of alkyl halides is 5. The summed E-state index contributed by atoms with van der Waals surface area (Å²) in [4.78, 5) is 11.8. The van der Waals surface area contributed by atoms with Crippen molar-refractivity contribution in [3.63, 3.8) is 0 Å². The van der Waals surface area contributed by atoms with Gasteiger partial charge in [0.1, 0.15) is 5.75 Å². The highest BCUT2D eigenvalue weighted by Crippen LogP contribution is 2.29. The van der Waals surface area contributed by atoms with Gasteiger partial charge in [-0.1, -0.05) is 18.2 Å². The lowest BCUT2D eigenvalue weighted by Gasteiger charge is -2.11. The number of rotatable bonds is 4. The van der Waals surface area contributed by atoms with Crippen LogP contribution in [-0.2, 0) is 6.54 Å². The highest BCUT2D eigenvalue weighted by Gasteiger charge is 2.31. The van der Waals surface area contributed by atoms with E-state index in [9.17, 15) is 26.7 Å². The van der Waals surface area contributed by atoms with E-state index in [1.54, 1.807) is 6.07 Å². The van der Waals surface area contributed by atoms with Crippen LogP contribution in [0.5, 0.6) is 5.75 Å². The summed E-state index contributed by atoms with van der Waals surface area (Å²) in [6, 6.07) is 9.52. The molecule has 0 saturated heterocycles. The number of benzene rings is 2. The molecule has 3 rings (SSSR count). The lowest BCUT2D eigenvalue weighted by molar-refractivity contribution is -0.274. The second-order valence-electron chi connectivity index (χ2n) is 5.78. The third kappa shape index (κ3) is 4.04. The molecule has 9 heteroatoms. The minimum absolute atomic E-state index is 0.139. The van der Waals surface area contributed by atoms with Crippen LogP contribution in [0, 0.1) is 0 Å². The van der Waals surface area contributed by atoms with Gasteiger partial charge in [0.05, 0.1) is 12.1 Å². The number of hydrogen-bond acceptors (Lipinski definition) is 3. The van der Waals surface area contributed by atoms with E-state index in [4.69, 9.17) is 4.42 Å². The third-order valence-electron chi connectivity index (χ3n) is 3.52. The first-order valence-corrected chi connectivity index (χ1v) is 7.39. The number of ether oxygens (including phenoxy) is 1. The van der Waals surface area contributed by atoms with Crippen molar-refractivity contribution in [2.24, 2.45) is 0 Å². The molecule has 0 atom stereocenters. The van der Waals surface area contributed by atoms with Gasteiger partial charge in [0.2, 0.25) is 0 Å². The normalized spacial score (nSPS) is 12.5. The molecule has 1 aromatic heterocycles. The molecule has 0 aliphatic heterocycles. The van der Waals surface area contributed by atoms with Crippen LogP contribution < -0.4 is 10.5 Å². The van der Waals surface area contributed by atoms with Crippen molar-refractivity contribution in [2.45, 2.75) is 25.8 Å². The summed E-state index contributed by atoms with van der Waals surface area (Å²) in [6.07, 6.45) is -4.79. The summed E-state index contributed by atoms with van der Waals surface area (Å²) in [5, 5.41) is 0. The number of aromatic nitrogens is 1. The molecule has 4 nitrogen and oxygen atoms in total. The predicted molar refractivity (Wildman–Crippen MR) is 83.2 cm³/mol. The molecular formula is C17H12F5NO3. The zero-order chi connectivity index (χ0) is 19.1. The lowest BCUT2D eigenvalue weighted by atomic mass is 10.1. The Bertz CT molecular complexity index is 981. The Labute approximate surface area is 143 Å². The molecular weight excluding hydrogens is 361 g/mol. The molecule has 3 aromatic rings. The first-order chi connectivity index (χ1) is 12.0. The Kier molecular flexibility index (Phi) is 4.25. The fraction of sp³-hybridized carbons (Fsp3) is 0.235. The van der Waals surface area contributed by atoms with Crippen LogP contribution in [-0.4, -0.2) is 16.9 Å². The van der Waals surface area contributed by atoms with E-state index >= 15 is 0 Å². The number of fused-ring (bicyclic) bond motifs is 1. The quantitative estimate of drug-likeness (QED) is 0.616. The van der Waals surface area contributed by atoms with Crippen LogP contribution in [0.2, 0.25) is 0 Å². The van der Waals surface area contributed by atoms with Crippen LogP contribution in [0.3, 0.4) is 0 Å². The highest BCUT2D eigenvalue weighted by atomic mass is 19.4. The molecule has 26 heavy (non-hydrogen) atoms. The van der Waals surface area contributed by atoms with Gasteiger partial charge >= 0.3 is 12.1 Å². The molecule has 0 radical (unpaired) electrons. The third-order valence-corrected chi connectivity index (χ3v) is 3.52. The standard InChI is InChI=1S/C17H12F5NO3/c1-16(18,19)9-23-13-8-11(4-7-14(13)25-15(23)24)10-2-5-12(6-3-10)26-17(20,21)22/h2-8H,9H2,1H3. The molecule has 0 fully saturated rings. The van der Waals surface area contributed by atoms with Gasteiger partial charge in [-0.05, 0) is 35.4 Å². The summed E-state index contributed by atoms with van der Waals surface area (Å²) in [7, 11) is 0. The average molecular weight is 373 g/mol. The summed E-state index contributed by atoms with van der Waals surface area (Å²) in [5.74, 6) is -4.41. The molecule has 0 amide bonds. The van der Waals surface area contributed by atoms with Gasteiger partial charge in [-0.3, -0.25) is 4.57 Å². The summed E-state index contributed by atoms with van der Waals surface area (Å²) >= 11 is 0. The maximum Gasteiger partial charge on any atom is 0.573 e. The minimum atomic E-state index is -4.79. The predicted octanol–water partition coefficient (Wildman–Crippen LogP) is 4.82. The van der Waals surface area contributed by atoms with Crippen molar-refractivity contribution in [1.82, 2.24) is 4.57 Å². The molecule has 0 aliphatic rings. The van der Waals surface area contributed by atoms with Crippen molar-refractivity contribution in [1.29, 1.82) is 0 Å². The van der Waals surface area contributed by atoms with E-state index in [1.165, 1.54) is 24.3 Å². The number of halogens is 5. The molecule has 138 valence electrons. The molecule has 0 N–H and O–H groups in total. The summed E-state index contributed by atoms with van der Waals surface area (Å²) < 4.78 is 72.7. The lowest BCUT2D eigenvalue weighted by Crippen LogP contribution is -2.25. The fourth-order valence-electron chi connectivity index (χ4n) is 2.52. The van der Waals surface area contributed by atoms with E-state index in [-0.39, 0.29) is 16.8 Å². The zero-order valence-electron chi connectivity index (χ0n) is 13.3. The van der Waals surface area contributed by atoms with Crippen LogP contribution >= 0.6 is 0 Å². The fourth-order valence-corrected chi connectivity index (χ4v) is 2.52. The van der Waals surface area contributed by atoms with Gasteiger partial charge in [-0.2, -0.15) is 0 Å². The molecule has 0 saturated carbocycles. The van der Waals surface area contributed by atoms with Gasteiger partial charge in [-0.25, -0.2) is 13.6 Å². The number of hydrogen-bond donors (Lipinski definition) is 0. The Hall–Kier alpha value is -2.84. The topological polar surface area (TPSA) is 44.4 Å². The maximum absolute atomic E-state index is 13.3. The molecule has 2 aromatic carbocycles. The molecule has 1 heterocycles. The van der Waals surface area contributed by atoms with Gasteiger partial charge in [-0.15, -0.1) is 13.2 Å². The number of oxazole rings is 1. The Morgan fingerprint density at radius 2 is 1.62 bits per heavy atom. The Balaban J connectivity index is 1.98. The van der Waals surface area contributed by atoms with Gasteiger partial charge in [0.15, 0.2) is 5.58 Å². The maximum atomic E-state index is 13.3. The van der Waals surface area contributed by atoms with E-state index in [0.717, 1.165) is 16.7 Å². The Morgan fingerprint density at radius 3 is 2.19 bits per heavy atom. The molecule has 0 aliphatic carbocycles. The second kappa shape index (κ2) is 6.15. The van der Waals surface area contributed by atoms with Gasteiger partial charge in [0, 0.05) is 6.92 Å². The van der Waals surface area contributed by atoms with E-state index in [0.29, 0.717) is 18.1 Å². The SMILES string of the molecule is CC(F)(F)Cn1c(=O)oc2ccc(-c3ccc(OC(F)(F)F)cc3)cc21. The van der Waals surface area contributed by atoms with Crippen molar-refractivity contribution < 1.29 is 31.1 Å². The van der Waals surface area contributed by atoms with Crippen LogP contribution in [0.1, 0.15) is 6.92 Å². The van der Waals surface area contributed by atoms with Crippen molar-refractivity contribution in [2.75, 3.05) is 0 Å². The van der Waals surface area contributed by atoms with Crippen molar-refractivity contribution in [3.05, 3.63) is 53.0 Å². The number of nitrogens with zero attached hydrogens (tertiary/aromatic N) is 1. The van der Waals surface area contributed by atoms with Gasteiger partial charge < -0.3 is 9.15 Å². The smallest absolute Gasteiger partial charge is 0.408 e. The first-order valence-electron chi connectivity index (χ1n) is 7.39. The zero-order valence-corrected chi connectivity index (χ0v) is 13.3. The monoisotopic (exact) mass is 373 g/mol. The van der Waals surface area contributed by atoms with Crippen LogP contribution in [0.4, 0.5) is 22.0 Å². The van der Waals surface area contributed by atoms with E-state index in [2.05, 4.69) is 4.74 Å². The first kappa shape index (κ1) is 18.0. The van der Waals surface area contributed by atoms with Gasteiger partial charge in [0.25, 0.3) is 5.92 Å². The average Bonchev–Trinajstić information content (AvgIpc) is 2.80.